The maximum atomic E-state index is 5.64. The van der Waals surface area contributed by atoms with E-state index >= 15 is 0 Å². The second kappa shape index (κ2) is 6.29. The summed E-state index contributed by atoms with van der Waals surface area (Å²) in [6.45, 7) is 5.75. The van der Waals surface area contributed by atoms with E-state index in [2.05, 4.69) is 51.8 Å². The van der Waals surface area contributed by atoms with Crippen molar-refractivity contribution in [2.45, 2.75) is 31.5 Å². The van der Waals surface area contributed by atoms with Crippen LogP contribution >= 0.6 is 31.9 Å². The highest BCUT2D eigenvalue weighted by molar-refractivity contribution is 9.11. The predicted octanol–water partition coefficient (Wildman–Crippen LogP) is 5.09. The van der Waals surface area contributed by atoms with Gasteiger partial charge in [-0.25, -0.2) is 0 Å². The first-order valence-corrected chi connectivity index (χ1v) is 8.07. The lowest BCUT2D eigenvalue weighted by molar-refractivity contribution is 0.171. The lowest BCUT2D eigenvalue weighted by Gasteiger charge is -2.24. The fourth-order valence-electron chi connectivity index (χ4n) is 2.20. The molecule has 1 aliphatic heterocycles. The molecule has 2 nitrogen and oxygen atoms in total. The van der Waals surface area contributed by atoms with Gasteiger partial charge < -0.3 is 9.47 Å². The number of halogens is 2. The van der Waals surface area contributed by atoms with Gasteiger partial charge in [-0.1, -0.05) is 52.1 Å². The second-order valence-corrected chi connectivity index (χ2v) is 6.53. The third-order valence-corrected chi connectivity index (χ3v) is 5.28. The molecule has 0 radical (unpaired) electrons. The molecule has 2 unspecified atom stereocenters. The predicted molar refractivity (Wildman–Crippen MR) is 80.9 cm³/mol. The lowest BCUT2D eigenvalue weighted by Crippen LogP contribution is -2.16. The zero-order chi connectivity index (χ0) is 13.1. The first-order chi connectivity index (χ1) is 8.63. The highest BCUT2D eigenvalue weighted by Crippen LogP contribution is 2.43. The summed E-state index contributed by atoms with van der Waals surface area (Å²) < 4.78 is 12.3. The van der Waals surface area contributed by atoms with Gasteiger partial charge in [0.25, 0.3) is 0 Å². The molecule has 0 N–H and O–H groups in total. The van der Waals surface area contributed by atoms with E-state index in [9.17, 15) is 0 Å². The number of hydrogen-bond acceptors (Lipinski definition) is 2. The van der Waals surface area contributed by atoms with Gasteiger partial charge >= 0.3 is 0 Å². The second-order valence-electron chi connectivity index (χ2n) is 4.69. The number of rotatable bonds is 4. The minimum Gasteiger partial charge on any atom is -0.486 e. The first-order valence-electron chi connectivity index (χ1n) is 6.36. The topological polar surface area (TPSA) is 18.5 Å². The minimum atomic E-state index is 0.336. The minimum absolute atomic E-state index is 0.336. The average molecular weight is 378 g/mol. The summed E-state index contributed by atoms with van der Waals surface area (Å²) in [7, 11) is 0. The number of alkyl halides is 1. The van der Waals surface area contributed by atoms with Gasteiger partial charge in [0.05, 0.1) is 0 Å². The van der Waals surface area contributed by atoms with Crippen molar-refractivity contribution in [3.63, 3.8) is 0 Å². The van der Waals surface area contributed by atoms with E-state index in [0.29, 0.717) is 24.0 Å². The molecular formula is C14H18Br2O2. The maximum Gasteiger partial charge on any atom is 0.162 e. The Balaban J connectivity index is 2.27. The Bertz CT molecular complexity index is 421. The van der Waals surface area contributed by atoms with E-state index in [4.69, 9.17) is 9.47 Å². The van der Waals surface area contributed by atoms with Crippen LogP contribution in [0.5, 0.6) is 11.5 Å². The number of hydrogen-bond donors (Lipinski definition) is 0. The van der Waals surface area contributed by atoms with E-state index in [-0.39, 0.29) is 0 Å². The molecule has 1 heterocycles. The van der Waals surface area contributed by atoms with Crippen LogP contribution in [-0.4, -0.2) is 13.2 Å². The van der Waals surface area contributed by atoms with Gasteiger partial charge in [-0.05, 0) is 30.0 Å². The largest absolute Gasteiger partial charge is 0.486 e. The van der Waals surface area contributed by atoms with Crippen molar-refractivity contribution in [1.82, 2.24) is 0 Å². The molecular weight excluding hydrogens is 360 g/mol. The highest BCUT2D eigenvalue weighted by atomic mass is 79.9. The Kier molecular flexibility index (Phi) is 4.96. The molecule has 1 aliphatic rings. The van der Waals surface area contributed by atoms with Crippen molar-refractivity contribution < 1.29 is 9.47 Å². The summed E-state index contributed by atoms with van der Waals surface area (Å²) in [5.74, 6) is 2.28. The number of fused-ring (bicyclic) bond motifs is 1. The highest BCUT2D eigenvalue weighted by Gasteiger charge is 2.22. The van der Waals surface area contributed by atoms with Gasteiger partial charge in [-0.3, -0.25) is 0 Å². The van der Waals surface area contributed by atoms with E-state index in [1.165, 1.54) is 18.4 Å². The molecule has 18 heavy (non-hydrogen) atoms. The van der Waals surface area contributed by atoms with Crippen molar-refractivity contribution in [2.24, 2.45) is 5.92 Å². The molecule has 0 spiro atoms. The molecule has 1 aromatic rings. The third kappa shape index (κ3) is 3.02. The summed E-state index contributed by atoms with van der Waals surface area (Å²) in [6.07, 6.45) is 2.40. The Morgan fingerprint density at radius 3 is 2.44 bits per heavy atom. The van der Waals surface area contributed by atoms with Crippen LogP contribution in [0.3, 0.4) is 0 Å². The SMILES string of the molecule is CCCC(C)C(Br)c1cc2c(cc1Br)OCCO2. The molecule has 0 saturated carbocycles. The van der Waals surface area contributed by atoms with Crippen molar-refractivity contribution in [3.05, 3.63) is 22.2 Å². The molecule has 2 atom stereocenters. The smallest absolute Gasteiger partial charge is 0.162 e. The zero-order valence-corrected chi connectivity index (χ0v) is 13.9. The Morgan fingerprint density at radius 1 is 1.22 bits per heavy atom. The molecule has 1 aromatic carbocycles. The van der Waals surface area contributed by atoms with Gasteiger partial charge in [0.2, 0.25) is 0 Å². The molecule has 2 rings (SSSR count). The van der Waals surface area contributed by atoms with Gasteiger partial charge in [0.15, 0.2) is 11.5 Å². The summed E-state index contributed by atoms with van der Waals surface area (Å²) in [6, 6.07) is 4.10. The Hall–Kier alpha value is -0.220. The molecule has 0 amide bonds. The number of benzene rings is 1. The molecule has 0 bridgehead atoms. The quantitative estimate of drug-likeness (QED) is 0.680. The van der Waals surface area contributed by atoms with Crippen molar-refractivity contribution in [3.8, 4) is 11.5 Å². The zero-order valence-electron chi connectivity index (χ0n) is 10.7. The molecule has 0 saturated heterocycles. The van der Waals surface area contributed by atoms with Gasteiger partial charge in [-0.15, -0.1) is 0 Å². The first kappa shape index (κ1) is 14.2. The fourth-order valence-corrected chi connectivity index (χ4v) is 3.72. The monoisotopic (exact) mass is 376 g/mol. The van der Waals surface area contributed by atoms with E-state index in [1.807, 2.05) is 6.07 Å². The van der Waals surface area contributed by atoms with Crippen LogP contribution in [-0.2, 0) is 0 Å². The van der Waals surface area contributed by atoms with E-state index < -0.39 is 0 Å². The van der Waals surface area contributed by atoms with Crippen LogP contribution in [0.1, 0.15) is 37.1 Å². The molecule has 4 heteroatoms. The van der Waals surface area contributed by atoms with Crippen LogP contribution in [0.2, 0.25) is 0 Å². The fraction of sp³-hybridized carbons (Fsp3) is 0.571. The molecule has 100 valence electrons. The van der Waals surface area contributed by atoms with Gasteiger partial charge in [0, 0.05) is 9.30 Å². The van der Waals surface area contributed by atoms with Gasteiger partial charge in [0.1, 0.15) is 13.2 Å². The van der Waals surface area contributed by atoms with E-state index in [1.54, 1.807) is 0 Å². The molecule has 0 aromatic heterocycles. The van der Waals surface area contributed by atoms with E-state index in [0.717, 1.165) is 16.0 Å². The third-order valence-electron chi connectivity index (χ3n) is 3.20. The molecule has 0 aliphatic carbocycles. The summed E-state index contributed by atoms with van der Waals surface area (Å²) in [4.78, 5) is 0.336. The standard InChI is InChI=1S/C14H18Br2O2/c1-3-4-9(2)14(16)10-7-12-13(8-11(10)15)18-6-5-17-12/h7-9,14H,3-6H2,1-2H3. The molecule has 0 fully saturated rings. The van der Waals surface area contributed by atoms with Gasteiger partial charge in [-0.2, -0.15) is 0 Å². The summed E-state index contributed by atoms with van der Waals surface area (Å²) in [5, 5.41) is 0. The number of ether oxygens (including phenoxy) is 2. The van der Waals surface area contributed by atoms with Crippen LogP contribution in [0.4, 0.5) is 0 Å². The van der Waals surface area contributed by atoms with Crippen molar-refractivity contribution >= 4 is 31.9 Å². The average Bonchev–Trinajstić information content (AvgIpc) is 2.37. The van der Waals surface area contributed by atoms with Crippen molar-refractivity contribution in [1.29, 1.82) is 0 Å². The normalized spacial score (nSPS) is 17.3. The Labute approximate surface area is 125 Å². The lowest BCUT2D eigenvalue weighted by atomic mass is 9.96. The van der Waals surface area contributed by atoms with Crippen LogP contribution < -0.4 is 9.47 Å². The van der Waals surface area contributed by atoms with Crippen LogP contribution in [0, 0.1) is 5.92 Å². The maximum absolute atomic E-state index is 5.64. The summed E-state index contributed by atoms with van der Waals surface area (Å²) >= 11 is 7.43. The Morgan fingerprint density at radius 2 is 1.83 bits per heavy atom. The summed E-state index contributed by atoms with van der Waals surface area (Å²) in [5.41, 5.74) is 1.24. The van der Waals surface area contributed by atoms with Crippen LogP contribution in [0.15, 0.2) is 16.6 Å². The van der Waals surface area contributed by atoms with Crippen molar-refractivity contribution in [2.75, 3.05) is 13.2 Å². The van der Waals surface area contributed by atoms with Crippen LogP contribution in [0.25, 0.3) is 0 Å².